The Morgan fingerprint density at radius 1 is 1.23 bits per heavy atom. The molecule has 0 amide bonds. The van der Waals surface area contributed by atoms with Crippen molar-refractivity contribution in [2.75, 3.05) is 5.75 Å². The second-order valence-corrected chi connectivity index (χ2v) is 7.62. The van der Waals surface area contributed by atoms with Crippen LogP contribution in [0.25, 0.3) is 10.9 Å². The molecule has 136 valence electrons. The molecule has 0 aliphatic heterocycles. The van der Waals surface area contributed by atoms with E-state index in [4.69, 9.17) is 5.73 Å². The summed E-state index contributed by atoms with van der Waals surface area (Å²) in [6, 6.07) is 6.85. The molecule has 26 heavy (non-hydrogen) atoms. The Morgan fingerprint density at radius 2 is 2.00 bits per heavy atom. The van der Waals surface area contributed by atoms with Crippen LogP contribution in [-0.4, -0.2) is 21.5 Å². The summed E-state index contributed by atoms with van der Waals surface area (Å²) in [6.07, 6.45) is -4.45. The predicted molar refractivity (Wildman–Crippen MR) is 96.5 cm³/mol. The molecule has 3 rings (SSSR count). The van der Waals surface area contributed by atoms with Crippen molar-refractivity contribution >= 4 is 39.8 Å². The first-order chi connectivity index (χ1) is 12.3. The number of thioether (sulfide) groups is 1. The summed E-state index contributed by atoms with van der Waals surface area (Å²) >= 11 is 2.43. The van der Waals surface area contributed by atoms with Crippen LogP contribution >= 0.6 is 23.1 Å². The summed E-state index contributed by atoms with van der Waals surface area (Å²) in [5, 5.41) is 0.652. The first kappa shape index (κ1) is 18.8. The van der Waals surface area contributed by atoms with Gasteiger partial charge in [0, 0.05) is 16.8 Å². The van der Waals surface area contributed by atoms with E-state index in [0.29, 0.717) is 27.8 Å². The van der Waals surface area contributed by atoms with Crippen LogP contribution in [0.15, 0.2) is 35.4 Å². The smallest absolute Gasteiger partial charge is 0.326 e. The molecule has 0 radical (unpaired) electrons. The fraction of sp³-hybridized carbons (Fsp3) is 0.235. The zero-order chi connectivity index (χ0) is 18.9. The highest BCUT2D eigenvalue weighted by Gasteiger charge is 2.31. The molecule has 4 nitrogen and oxygen atoms in total. The van der Waals surface area contributed by atoms with Crippen molar-refractivity contribution in [3.05, 3.63) is 51.5 Å². The molecular weight excluding hydrogens is 383 g/mol. The molecule has 9 heteroatoms. The monoisotopic (exact) mass is 397 g/mol. The number of fused-ring (bicyclic) bond motifs is 1. The van der Waals surface area contributed by atoms with Crippen LogP contribution in [0.4, 0.5) is 13.2 Å². The minimum atomic E-state index is -4.45. The maximum Gasteiger partial charge on any atom is 0.416 e. The number of Topliss-reactive ketones (excluding diaryl/α,β-unsaturated/α-hetero) is 1. The Hall–Kier alpha value is -1.97. The lowest BCUT2D eigenvalue weighted by Gasteiger charge is -2.10. The van der Waals surface area contributed by atoms with Gasteiger partial charge in [-0.25, -0.2) is 9.97 Å². The number of aromatic nitrogens is 2. The molecule has 0 unspecified atom stereocenters. The first-order valence-corrected chi connectivity index (χ1v) is 9.38. The van der Waals surface area contributed by atoms with Crippen molar-refractivity contribution in [1.29, 1.82) is 0 Å². The minimum Gasteiger partial charge on any atom is -0.326 e. The van der Waals surface area contributed by atoms with E-state index in [-0.39, 0.29) is 16.9 Å². The van der Waals surface area contributed by atoms with Gasteiger partial charge in [0.05, 0.1) is 21.7 Å². The van der Waals surface area contributed by atoms with Crippen molar-refractivity contribution < 1.29 is 18.0 Å². The lowest BCUT2D eigenvalue weighted by molar-refractivity contribution is -0.137. The number of hydrogen-bond donors (Lipinski definition) is 1. The summed E-state index contributed by atoms with van der Waals surface area (Å²) in [6.45, 7) is 2.02. The van der Waals surface area contributed by atoms with E-state index in [0.717, 1.165) is 28.8 Å². The number of halogens is 3. The quantitative estimate of drug-likeness (QED) is 0.391. The number of rotatable bonds is 5. The molecule has 0 saturated heterocycles. The van der Waals surface area contributed by atoms with E-state index in [1.807, 2.05) is 0 Å². The Balaban J connectivity index is 1.89. The van der Waals surface area contributed by atoms with Crippen molar-refractivity contribution in [2.24, 2.45) is 5.73 Å². The largest absolute Gasteiger partial charge is 0.416 e. The molecule has 0 saturated carbocycles. The van der Waals surface area contributed by atoms with Gasteiger partial charge in [-0.15, -0.1) is 11.3 Å². The summed E-state index contributed by atoms with van der Waals surface area (Å²) < 4.78 is 39.0. The molecule has 2 heterocycles. The van der Waals surface area contributed by atoms with E-state index in [9.17, 15) is 18.0 Å². The second-order valence-electron chi connectivity index (χ2n) is 5.49. The molecule has 2 N–H and O–H groups in total. The van der Waals surface area contributed by atoms with Gasteiger partial charge in [-0.05, 0) is 37.3 Å². The number of nitrogens with two attached hydrogens (primary N) is 1. The summed E-state index contributed by atoms with van der Waals surface area (Å²) in [5.41, 5.74) is 5.19. The maximum atomic E-state index is 13.0. The van der Waals surface area contributed by atoms with E-state index >= 15 is 0 Å². The molecule has 0 aliphatic carbocycles. The Kier molecular flexibility index (Phi) is 5.31. The van der Waals surface area contributed by atoms with Crippen molar-refractivity contribution in [1.82, 2.24) is 9.97 Å². The summed E-state index contributed by atoms with van der Waals surface area (Å²) in [7, 11) is 0. The number of ketones is 1. The van der Waals surface area contributed by atoms with Crippen LogP contribution in [0.3, 0.4) is 0 Å². The fourth-order valence-electron chi connectivity index (χ4n) is 2.34. The molecular formula is C17H14F3N3OS2. The third kappa shape index (κ3) is 4.05. The van der Waals surface area contributed by atoms with Crippen LogP contribution in [-0.2, 0) is 12.7 Å². The zero-order valence-electron chi connectivity index (χ0n) is 13.6. The van der Waals surface area contributed by atoms with Crippen LogP contribution in [0.1, 0.15) is 25.9 Å². The third-order valence-electron chi connectivity index (χ3n) is 3.58. The summed E-state index contributed by atoms with van der Waals surface area (Å²) in [5.74, 6) is 0.400. The van der Waals surface area contributed by atoms with E-state index in [2.05, 4.69) is 9.97 Å². The van der Waals surface area contributed by atoms with Crippen LogP contribution in [0.2, 0.25) is 0 Å². The molecule has 0 bridgehead atoms. The highest BCUT2D eigenvalue weighted by Crippen LogP contribution is 2.34. The van der Waals surface area contributed by atoms with Gasteiger partial charge in [0.15, 0.2) is 5.78 Å². The van der Waals surface area contributed by atoms with Gasteiger partial charge in [-0.2, -0.15) is 13.2 Å². The van der Waals surface area contributed by atoms with Gasteiger partial charge >= 0.3 is 6.18 Å². The van der Waals surface area contributed by atoms with Crippen molar-refractivity contribution in [3.63, 3.8) is 0 Å². The van der Waals surface area contributed by atoms with Gasteiger partial charge in [0.25, 0.3) is 0 Å². The predicted octanol–water partition coefficient (Wildman–Crippen LogP) is 4.45. The average Bonchev–Trinajstić information content (AvgIpc) is 3.07. The number of carbonyl (C=O) groups excluding carboxylic acids is 1. The summed E-state index contributed by atoms with van der Waals surface area (Å²) in [4.78, 5) is 22.2. The third-order valence-corrected chi connectivity index (χ3v) is 5.72. The van der Waals surface area contributed by atoms with E-state index in [1.165, 1.54) is 17.4 Å². The Bertz CT molecular complexity index is 970. The number of alkyl halides is 3. The molecule has 0 fully saturated rings. The topological polar surface area (TPSA) is 68.9 Å². The van der Waals surface area contributed by atoms with Gasteiger partial charge in [0.2, 0.25) is 0 Å². The zero-order valence-corrected chi connectivity index (χ0v) is 15.3. The maximum absolute atomic E-state index is 13.0. The van der Waals surface area contributed by atoms with Gasteiger partial charge in [-0.3, -0.25) is 4.79 Å². The number of aryl methyl sites for hydroxylation is 1. The van der Waals surface area contributed by atoms with Crippen molar-refractivity contribution in [2.45, 2.75) is 24.7 Å². The Morgan fingerprint density at radius 3 is 2.65 bits per heavy atom. The highest BCUT2D eigenvalue weighted by atomic mass is 32.2. The lowest BCUT2D eigenvalue weighted by Crippen LogP contribution is -2.06. The number of thiophene rings is 1. The normalized spacial score (nSPS) is 11.9. The van der Waals surface area contributed by atoms with Crippen LogP contribution < -0.4 is 5.73 Å². The highest BCUT2D eigenvalue weighted by molar-refractivity contribution is 8.00. The van der Waals surface area contributed by atoms with E-state index in [1.54, 1.807) is 19.1 Å². The molecule has 0 atom stereocenters. The van der Waals surface area contributed by atoms with Crippen molar-refractivity contribution in [3.8, 4) is 0 Å². The number of nitrogens with zero attached hydrogens (tertiary/aromatic N) is 2. The van der Waals surface area contributed by atoms with Crippen LogP contribution in [0.5, 0.6) is 0 Å². The lowest BCUT2D eigenvalue weighted by atomic mass is 10.1. The van der Waals surface area contributed by atoms with Gasteiger partial charge in [0.1, 0.15) is 10.9 Å². The molecule has 1 aromatic carbocycles. The second kappa shape index (κ2) is 7.34. The molecule has 0 spiro atoms. The van der Waals surface area contributed by atoms with E-state index < -0.39 is 11.7 Å². The molecule has 3 aromatic rings. The SMILES string of the molecule is Cc1nc(SCC(=O)c2ccc(CN)s2)c2cc(C(F)(F)F)ccc2n1. The number of carbonyl (C=O) groups is 1. The molecule has 2 aromatic heterocycles. The minimum absolute atomic E-state index is 0.0757. The number of benzene rings is 1. The van der Waals surface area contributed by atoms with Gasteiger partial charge in [-0.1, -0.05) is 11.8 Å². The standard InChI is InChI=1S/C17H14F3N3OS2/c1-9-22-13-4-2-10(17(18,19)20)6-12(13)16(23-9)25-8-14(24)15-5-3-11(7-21)26-15/h2-6H,7-8,21H2,1H3. The first-order valence-electron chi connectivity index (χ1n) is 7.58. The molecule has 0 aliphatic rings. The van der Waals surface area contributed by atoms with Gasteiger partial charge < -0.3 is 5.73 Å². The number of hydrogen-bond acceptors (Lipinski definition) is 6. The fourth-order valence-corrected chi connectivity index (χ4v) is 4.19. The van der Waals surface area contributed by atoms with Crippen LogP contribution in [0, 0.1) is 6.92 Å². The average molecular weight is 397 g/mol. The Labute approximate surface area is 155 Å².